The number of benzene rings is 1. The van der Waals surface area contributed by atoms with Crippen LogP contribution in [0.1, 0.15) is 27.9 Å². The minimum absolute atomic E-state index is 0.231. The van der Waals surface area contributed by atoms with Crippen LogP contribution in [0.4, 0.5) is 4.39 Å². The number of hydrogen-bond donors (Lipinski definition) is 1. The maximum Gasteiger partial charge on any atom is 0.128 e. The highest BCUT2D eigenvalue weighted by Crippen LogP contribution is 2.21. The van der Waals surface area contributed by atoms with E-state index in [4.69, 9.17) is 5.73 Å². The largest absolute Gasteiger partial charge is 0.324 e. The first kappa shape index (κ1) is 12.2. The third-order valence-corrected chi connectivity index (χ3v) is 3.61. The highest BCUT2D eigenvalue weighted by molar-refractivity contribution is 7.09. The average Bonchev–Trinajstić information content (AvgIpc) is 2.63. The van der Waals surface area contributed by atoms with Gasteiger partial charge in [0.15, 0.2) is 0 Å². The van der Waals surface area contributed by atoms with Crippen molar-refractivity contribution in [2.45, 2.75) is 26.3 Å². The summed E-state index contributed by atoms with van der Waals surface area (Å²) < 4.78 is 13.7. The van der Waals surface area contributed by atoms with Crippen molar-refractivity contribution < 1.29 is 4.39 Å². The minimum Gasteiger partial charge on any atom is -0.324 e. The van der Waals surface area contributed by atoms with Gasteiger partial charge in [-0.1, -0.05) is 12.1 Å². The monoisotopic (exact) mass is 250 g/mol. The lowest BCUT2D eigenvalue weighted by Gasteiger charge is -2.11. The Morgan fingerprint density at radius 2 is 2.18 bits per heavy atom. The second-order valence-corrected chi connectivity index (χ2v) is 5.16. The molecule has 2 N–H and O–H groups in total. The molecule has 90 valence electrons. The highest BCUT2D eigenvalue weighted by Gasteiger charge is 2.13. The van der Waals surface area contributed by atoms with E-state index < -0.39 is 0 Å². The van der Waals surface area contributed by atoms with E-state index in [0.29, 0.717) is 12.0 Å². The Morgan fingerprint density at radius 1 is 1.41 bits per heavy atom. The molecule has 0 saturated heterocycles. The average molecular weight is 250 g/mol. The summed E-state index contributed by atoms with van der Waals surface area (Å²) in [6, 6.07) is 4.82. The molecule has 1 atom stereocenters. The smallest absolute Gasteiger partial charge is 0.128 e. The van der Waals surface area contributed by atoms with Crippen LogP contribution >= 0.6 is 11.3 Å². The molecule has 0 spiro atoms. The summed E-state index contributed by atoms with van der Waals surface area (Å²) in [7, 11) is 0. The minimum atomic E-state index is -0.332. The first-order valence-electron chi connectivity index (χ1n) is 5.49. The molecule has 4 heteroatoms. The summed E-state index contributed by atoms with van der Waals surface area (Å²) in [6.07, 6.45) is 0.582. The van der Waals surface area contributed by atoms with Gasteiger partial charge in [-0.3, -0.25) is 0 Å². The zero-order valence-electron chi connectivity index (χ0n) is 9.90. The molecule has 0 bridgehead atoms. The molecular weight excluding hydrogens is 235 g/mol. The molecule has 0 fully saturated rings. The van der Waals surface area contributed by atoms with E-state index in [2.05, 4.69) is 4.98 Å². The van der Waals surface area contributed by atoms with Gasteiger partial charge < -0.3 is 5.73 Å². The SMILES string of the molecule is Cc1ccc(C(N)Cc2nc(C)cs2)c(F)c1. The second kappa shape index (κ2) is 4.94. The third kappa shape index (κ3) is 2.90. The van der Waals surface area contributed by atoms with Crippen molar-refractivity contribution >= 4 is 11.3 Å². The van der Waals surface area contributed by atoms with Crippen molar-refractivity contribution in [1.29, 1.82) is 0 Å². The number of hydrogen-bond acceptors (Lipinski definition) is 3. The first-order chi connectivity index (χ1) is 8.06. The second-order valence-electron chi connectivity index (χ2n) is 4.22. The quantitative estimate of drug-likeness (QED) is 0.909. The molecule has 1 unspecified atom stereocenters. The maximum absolute atomic E-state index is 13.7. The zero-order valence-corrected chi connectivity index (χ0v) is 10.7. The Morgan fingerprint density at radius 3 is 2.76 bits per heavy atom. The van der Waals surface area contributed by atoms with Gasteiger partial charge in [-0.2, -0.15) is 0 Å². The molecule has 1 aromatic heterocycles. The molecule has 2 nitrogen and oxygen atoms in total. The fraction of sp³-hybridized carbons (Fsp3) is 0.308. The molecule has 0 aliphatic carbocycles. The van der Waals surface area contributed by atoms with E-state index in [-0.39, 0.29) is 11.9 Å². The predicted molar refractivity (Wildman–Crippen MR) is 68.6 cm³/mol. The number of halogens is 1. The van der Waals surface area contributed by atoms with E-state index in [0.717, 1.165) is 16.3 Å². The van der Waals surface area contributed by atoms with Crippen molar-refractivity contribution in [2.24, 2.45) is 5.73 Å². The number of rotatable bonds is 3. The van der Waals surface area contributed by atoms with Crippen LogP contribution in [0.25, 0.3) is 0 Å². The van der Waals surface area contributed by atoms with Crippen molar-refractivity contribution in [3.63, 3.8) is 0 Å². The molecule has 0 radical (unpaired) electrons. The summed E-state index contributed by atoms with van der Waals surface area (Å²) in [5.41, 5.74) is 8.47. The lowest BCUT2D eigenvalue weighted by Crippen LogP contribution is -2.15. The summed E-state index contributed by atoms with van der Waals surface area (Å²) in [5.74, 6) is -0.231. The van der Waals surface area contributed by atoms with Crippen molar-refractivity contribution in [2.75, 3.05) is 0 Å². The van der Waals surface area contributed by atoms with Crippen LogP contribution in [-0.4, -0.2) is 4.98 Å². The number of thiazole rings is 1. The molecule has 0 amide bonds. The topological polar surface area (TPSA) is 38.9 Å². The molecule has 0 aliphatic rings. The third-order valence-electron chi connectivity index (χ3n) is 2.62. The van der Waals surface area contributed by atoms with E-state index in [1.807, 2.05) is 25.3 Å². The molecule has 2 aromatic rings. The molecule has 0 saturated carbocycles. The van der Waals surface area contributed by atoms with Gasteiger partial charge in [0.25, 0.3) is 0 Å². The van der Waals surface area contributed by atoms with Crippen LogP contribution in [0.3, 0.4) is 0 Å². The number of nitrogens with zero attached hydrogens (tertiary/aromatic N) is 1. The van der Waals surface area contributed by atoms with Gasteiger partial charge in [0, 0.05) is 29.1 Å². The van der Waals surface area contributed by atoms with E-state index >= 15 is 0 Å². The normalized spacial score (nSPS) is 12.7. The highest BCUT2D eigenvalue weighted by atomic mass is 32.1. The Balaban J connectivity index is 2.17. The van der Waals surface area contributed by atoms with Crippen LogP contribution in [-0.2, 0) is 6.42 Å². The fourth-order valence-electron chi connectivity index (χ4n) is 1.73. The number of aromatic nitrogens is 1. The molecule has 17 heavy (non-hydrogen) atoms. The molecular formula is C13H15FN2S. The summed E-state index contributed by atoms with van der Waals surface area (Å²) in [4.78, 5) is 4.34. The van der Waals surface area contributed by atoms with Crippen LogP contribution in [0.15, 0.2) is 23.6 Å². The van der Waals surface area contributed by atoms with Crippen molar-refractivity contribution in [3.05, 3.63) is 51.2 Å². The molecule has 2 rings (SSSR count). The van der Waals surface area contributed by atoms with E-state index in [1.54, 1.807) is 17.4 Å². The molecule has 1 heterocycles. The van der Waals surface area contributed by atoms with E-state index in [9.17, 15) is 4.39 Å². The van der Waals surface area contributed by atoms with Gasteiger partial charge in [0.05, 0.1) is 5.01 Å². The fourth-order valence-corrected chi connectivity index (χ4v) is 2.56. The Kier molecular flexibility index (Phi) is 3.54. The van der Waals surface area contributed by atoms with Gasteiger partial charge in [-0.15, -0.1) is 11.3 Å². The lowest BCUT2D eigenvalue weighted by molar-refractivity contribution is 0.579. The Hall–Kier alpha value is -1.26. The van der Waals surface area contributed by atoms with Gasteiger partial charge in [-0.25, -0.2) is 9.37 Å². The summed E-state index contributed by atoms with van der Waals surface area (Å²) >= 11 is 1.57. The van der Waals surface area contributed by atoms with E-state index in [1.165, 1.54) is 6.07 Å². The lowest BCUT2D eigenvalue weighted by atomic mass is 10.0. The van der Waals surface area contributed by atoms with Gasteiger partial charge in [-0.05, 0) is 25.5 Å². The summed E-state index contributed by atoms with van der Waals surface area (Å²) in [6.45, 7) is 3.81. The standard InChI is InChI=1S/C13H15FN2S/c1-8-3-4-10(11(14)5-8)12(15)6-13-16-9(2)7-17-13/h3-5,7,12H,6,15H2,1-2H3. The maximum atomic E-state index is 13.7. The Labute approximate surface area is 104 Å². The van der Waals surface area contributed by atoms with Crippen molar-refractivity contribution in [3.8, 4) is 0 Å². The summed E-state index contributed by atoms with van der Waals surface area (Å²) in [5, 5.41) is 2.93. The van der Waals surface area contributed by atoms with Crippen molar-refractivity contribution in [1.82, 2.24) is 4.98 Å². The molecule has 0 aliphatic heterocycles. The van der Waals surface area contributed by atoms with Gasteiger partial charge >= 0.3 is 0 Å². The first-order valence-corrected chi connectivity index (χ1v) is 6.37. The predicted octanol–water partition coefficient (Wildman–Crippen LogP) is 3.14. The number of aryl methyl sites for hydroxylation is 2. The Bertz CT molecular complexity index is 522. The van der Waals surface area contributed by atoms with Crippen LogP contribution < -0.4 is 5.73 Å². The van der Waals surface area contributed by atoms with Crippen LogP contribution in [0.2, 0.25) is 0 Å². The number of nitrogens with two attached hydrogens (primary N) is 1. The van der Waals surface area contributed by atoms with Crippen LogP contribution in [0.5, 0.6) is 0 Å². The van der Waals surface area contributed by atoms with Crippen LogP contribution in [0, 0.1) is 19.7 Å². The molecule has 1 aromatic carbocycles. The van der Waals surface area contributed by atoms with Gasteiger partial charge in [0.1, 0.15) is 5.82 Å². The van der Waals surface area contributed by atoms with Gasteiger partial charge in [0.2, 0.25) is 0 Å². The zero-order chi connectivity index (χ0) is 12.4.